The van der Waals surface area contributed by atoms with E-state index >= 15 is 0 Å². The molecule has 0 aromatic rings. The number of ether oxygens (including phenoxy) is 2. The van der Waals surface area contributed by atoms with Gasteiger partial charge in [0.1, 0.15) is 11.7 Å². The number of morpholine rings is 1. The van der Waals surface area contributed by atoms with Gasteiger partial charge in [0.15, 0.2) is 0 Å². The smallest absolute Gasteiger partial charge is 0.303 e. The van der Waals surface area contributed by atoms with E-state index < -0.39 is 0 Å². The van der Waals surface area contributed by atoms with E-state index in [4.69, 9.17) is 9.47 Å². The molecule has 2 saturated heterocycles. The molecule has 1 saturated carbocycles. The standard InChI is InChI=1S/C18H32N2O3/c1-13(2)4-7-20-8-5-15(6-9-20)16-11-19-12-18(23-16)10-17(18)22-14(3)21/h13,15-17,19H,4-12H2,1-3H3. The number of nitrogens with zero attached hydrogens (tertiary/aromatic N) is 1. The van der Waals surface area contributed by atoms with Gasteiger partial charge in [-0.25, -0.2) is 0 Å². The van der Waals surface area contributed by atoms with Crippen molar-refractivity contribution in [2.75, 3.05) is 32.7 Å². The van der Waals surface area contributed by atoms with Crippen LogP contribution in [0, 0.1) is 11.8 Å². The van der Waals surface area contributed by atoms with Gasteiger partial charge in [0.2, 0.25) is 0 Å². The summed E-state index contributed by atoms with van der Waals surface area (Å²) in [5.41, 5.74) is -0.233. The van der Waals surface area contributed by atoms with Gasteiger partial charge in [-0.1, -0.05) is 13.8 Å². The number of carbonyl (C=O) groups excluding carboxylic acids is 1. The maximum atomic E-state index is 11.1. The first-order valence-corrected chi connectivity index (χ1v) is 9.26. The lowest BCUT2D eigenvalue weighted by Gasteiger charge is -2.40. The van der Waals surface area contributed by atoms with E-state index in [1.54, 1.807) is 0 Å². The molecule has 0 radical (unpaired) electrons. The predicted octanol–water partition coefficient (Wildman–Crippen LogP) is 1.81. The number of nitrogens with one attached hydrogen (secondary N) is 1. The molecule has 3 aliphatic rings. The summed E-state index contributed by atoms with van der Waals surface area (Å²) < 4.78 is 11.8. The zero-order chi connectivity index (χ0) is 16.4. The van der Waals surface area contributed by atoms with Gasteiger partial charge in [-0.05, 0) is 50.7 Å². The number of hydrogen-bond acceptors (Lipinski definition) is 5. The quantitative estimate of drug-likeness (QED) is 0.782. The van der Waals surface area contributed by atoms with Crippen molar-refractivity contribution in [2.24, 2.45) is 11.8 Å². The molecule has 5 nitrogen and oxygen atoms in total. The highest BCUT2D eigenvalue weighted by Crippen LogP contribution is 2.46. The summed E-state index contributed by atoms with van der Waals surface area (Å²) in [6.45, 7) is 11.4. The molecule has 2 heterocycles. The zero-order valence-electron chi connectivity index (χ0n) is 14.8. The third-order valence-corrected chi connectivity index (χ3v) is 5.60. The lowest BCUT2D eigenvalue weighted by molar-refractivity contribution is -0.151. The van der Waals surface area contributed by atoms with E-state index in [9.17, 15) is 4.79 Å². The van der Waals surface area contributed by atoms with Gasteiger partial charge in [-0.3, -0.25) is 4.79 Å². The second-order valence-corrected chi connectivity index (χ2v) is 8.02. The van der Waals surface area contributed by atoms with E-state index in [0.717, 1.165) is 25.4 Å². The monoisotopic (exact) mass is 324 g/mol. The van der Waals surface area contributed by atoms with Crippen molar-refractivity contribution in [3.05, 3.63) is 0 Å². The van der Waals surface area contributed by atoms with Gasteiger partial charge in [0.25, 0.3) is 0 Å². The van der Waals surface area contributed by atoms with Crippen molar-refractivity contribution in [1.82, 2.24) is 10.2 Å². The Bertz CT molecular complexity index is 420. The molecule has 0 aromatic carbocycles. The SMILES string of the molecule is CC(=O)OC1CC12CNCC(C1CCN(CCC(C)C)CC1)O2. The van der Waals surface area contributed by atoms with Crippen LogP contribution >= 0.6 is 0 Å². The summed E-state index contributed by atoms with van der Waals surface area (Å²) in [6, 6.07) is 0. The fraction of sp³-hybridized carbons (Fsp3) is 0.944. The number of carbonyl (C=O) groups is 1. The van der Waals surface area contributed by atoms with Gasteiger partial charge in [-0.2, -0.15) is 0 Å². The van der Waals surface area contributed by atoms with Gasteiger partial charge in [0, 0.05) is 26.4 Å². The molecule has 2 aliphatic heterocycles. The van der Waals surface area contributed by atoms with Crippen LogP contribution in [0.1, 0.15) is 46.5 Å². The Morgan fingerprint density at radius 3 is 2.78 bits per heavy atom. The van der Waals surface area contributed by atoms with Crippen LogP contribution in [0.2, 0.25) is 0 Å². The van der Waals surface area contributed by atoms with Crippen molar-refractivity contribution in [3.63, 3.8) is 0 Å². The summed E-state index contributed by atoms with van der Waals surface area (Å²) in [6.07, 6.45) is 4.82. The molecule has 132 valence electrons. The lowest BCUT2D eigenvalue weighted by Crippen LogP contribution is -2.52. The van der Waals surface area contributed by atoms with Crippen molar-refractivity contribution in [2.45, 2.75) is 64.3 Å². The van der Waals surface area contributed by atoms with Crippen LogP contribution in [0.4, 0.5) is 0 Å². The number of piperidine rings is 1. The van der Waals surface area contributed by atoms with Crippen molar-refractivity contribution in [3.8, 4) is 0 Å². The van der Waals surface area contributed by atoms with Crippen LogP contribution in [0.25, 0.3) is 0 Å². The average molecular weight is 324 g/mol. The molecule has 0 aromatic heterocycles. The highest BCUT2D eigenvalue weighted by Gasteiger charge is 2.61. The Kier molecular flexibility index (Phi) is 5.29. The maximum absolute atomic E-state index is 11.1. The van der Waals surface area contributed by atoms with Gasteiger partial charge >= 0.3 is 5.97 Å². The Labute approximate surface area is 140 Å². The summed E-state index contributed by atoms with van der Waals surface area (Å²) >= 11 is 0. The second-order valence-electron chi connectivity index (χ2n) is 8.02. The molecule has 3 atom stereocenters. The first kappa shape index (κ1) is 17.2. The molecule has 1 spiro atoms. The molecule has 1 aliphatic carbocycles. The molecular formula is C18H32N2O3. The molecular weight excluding hydrogens is 292 g/mol. The van der Waals surface area contributed by atoms with Crippen molar-refractivity contribution >= 4 is 5.97 Å². The maximum Gasteiger partial charge on any atom is 0.303 e. The molecule has 3 unspecified atom stereocenters. The summed E-state index contributed by atoms with van der Waals surface area (Å²) in [5.74, 6) is 1.22. The Morgan fingerprint density at radius 2 is 2.13 bits per heavy atom. The first-order chi connectivity index (χ1) is 11.0. The topological polar surface area (TPSA) is 50.8 Å². The first-order valence-electron chi connectivity index (χ1n) is 9.26. The van der Waals surface area contributed by atoms with E-state index in [1.807, 2.05) is 0 Å². The molecule has 3 fully saturated rings. The second kappa shape index (κ2) is 7.08. The van der Waals surface area contributed by atoms with Gasteiger partial charge < -0.3 is 19.7 Å². The third kappa shape index (κ3) is 4.25. The van der Waals surface area contributed by atoms with Crippen molar-refractivity contribution in [1.29, 1.82) is 0 Å². The predicted molar refractivity (Wildman–Crippen MR) is 89.3 cm³/mol. The average Bonchev–Trinajstić information content (AvgIpc) is 3.15. The minimum Gasteiger partial charge on any atom is -0.459 e. The summed E-state index contributed by atoms with van der Waals surface area (Å²) in [5, 5.41) is 3.51. The summed E-state index contributed by atoms with van der Waals surface area (Å²) in [4.78, 5) is 13.7. The fourth-order valence-corrected chi connectivity index (χ4v) is 3.98. The Morgan fingerprint density at radius 1 is 1.39 bits per heavy atom. The van der Waals surface area contributed by atoms with Gasteiger partial charge in [-0.15, -0.1) is 0 Å². The molecule has 3 rings (SSSR count). The number of esters is 1. The summed E-state index contributed by atoms with van der Waals surface area (Å²) in [7, 11) is 0. The van der Waals surface area contributed by atoms with Crippen LogP contribution < -0.4 is 5.32 Å². The van der Waals surface area contributed by atoms with Crippen LogP contribution in [-0.4, -0.2) is 61.4 Å². The van der Waals surface area contributed by atoms with E-state index in [0.29, 0.717) is 5.92 Å². The van der Waals surface area contributed by atoms with Gasteiger partial charge in [0.05, 0.1) is 6.10 Å². The Hall–Kier alpha value is -0.650. The Balaban J connectivity index is 1.45. The molecule has 0 bridgehead atoms. The highest BCUT2D eigenvalue weighted by atomic mass is 16.6. The fourth-order valence-electron chi connectivity index (χ4n) is 3.98. The third-order valence-electron chi connectivity index (χ3n) is 5.60. The normalized spacial score (nSPS) is 35.7. The molecule has 23 heavy (non-hydrogen) atoms. The van der Waals surface area contributed by atoms with Crippen LogP contribution in [0.15, 0.2) is 0 Å². The highest BCUT2D eigenvalue weighted by molar-refractivity contribution is 5.66. The van der Waals surface area contributed by atoms with E-state index in [1.165, 1.54) is 45.8 Å². The minimum atomic E-state index is -0.233. The number of likely N-dealkylation sites (tertiary alicyclic amines) is 1. The largest absolute Gasteiger partial charge is 0.459 e. The minimum absolute atomic E-state index is 0.0403. The van der Waals surface area contributed by atoms with E-state index in [2.05, 4.69) is 24.1 Å². The molecule has 0 amide bonds. The number of rotatable bonds is 5. The van der Waals surface area contributed by atoms with Crippen LogP contribution in [-0.2, 0) is 14.3 Å². The van der Waals surface area contributed by atoms with Crippen LogP contribution in [0.5, 0.6) is 0 Å². The van der Waals surface area contributed by atoms with Crippen molar-refractivity contribution < 1.29 is 14.3 Å². The van der Waals surface area contributed by atoms with Crippen LogP contribution in [0.3, 0.4) is 0 Å². The lowest BCUT2D eigenvalue weighted by atomic mass is 9.89. The molecule has 5 heteroatoms. The number of hydrogen-bond donors (Lipinski definition) is 1. The zero-order valence-corrected chi connectivity index (χ0v) is 14.8. The van der Waals surface area contributed by atoms with E-state index in [-0.39, 0.29) is 23.8 Å². The molecule has 1 N–H and O–H groups in total.